The highest BCUT2D eigenvalue weighted by molar-refractivity contribution is 5.78. The van der Waals surface area contributed by atoms with Crippen LogP contribution in [0, 0.1) is 0 Å². The maximum absolute atomic E-state index is 5.52. The number of hydrogen-bond donors (Lipinski definition) is 0. The largest absolute Gasteiger partial charge is 0.388 e. The molecule has 0 bridgehead atoms. The molecule has 0 amide bonds. The van der Waals surface area contributed by atoms with Gasteiger partial charge in [-0.1, -0.05) is 48.8 Å². The van der Waals surface area contributed by atoms with Crippen molar-refractivity contribution < 1.29 is 4.84 Å². The van der Waals surface area contributed by atoms with E-state index in [0.29, 0.717) is 0 Å². The molecule has 0 spiro atoms. The zero-order valence-electron chi connectivity index (χ0n) is 9.73. The number of benzene rings is 1. The van der Waals surface area contributed by atoms with Crippen molar-refractivity contribution in [2.45, 2.75) is 39.7 Å². The van der Waals surface area contributed by atoms with Gasteiger partial charge in [0.2, 0.25) is 0 Å². The molecule has 1 aromatic carbocycles. The van der Waals surface area contributed by atoms with Crippen molar-refractivity contribution in [3.63, 3.8) is 0 Å². The Morgan fingerprint density at radius 3 is 2.47 bits per heavy atom. The van der Waals surface area contributed by atoms with Crippen LogP contribution < -0.4 is 0 Å². The normalized spacial score (nSPS) is 11.9. The van der Waals surface area contributed by atoms with Gasteiger partial charge < -0.3 is 4.84 Å². The number of rotatable bonds is 5. The summed E-state index contributed by atoms with van der Waals surface area (Å²) in [5.41, 5.74) is 2.15. The van der Waals surface area contributed by atoms with E-state index < -0.39 is 0 Å². The van der Waals surface area contributed by atoms with Crippen LogP contribution in [-0.2, 0) is 4.84 Å². The van der Waals surface area contributed by atoms with E-state index in [9.17, 15) is 0 Å². The van der Waals surface area contributed by atoms with E-state index in [1.807, 2.05) is 32.0 Å². The molecule has 0 saturated carbocycles. The Balaban J connectivity index is 2.70. The molecular formula is C13H19NO. The third-order valence-electron chi connectivity index (χ3n) is 2.08. The van der Waals surface area contributed by atoms with Crippen molar-refractivity contribution >= 4 is 5.71 Å². The molecule has 0 aromatic heterocycles. The van der Waals surface area contributed by atoms with Gasteiger partial charge in [-0.05, 0) is 25.8 Å². The molecule has 2 heteroatoms. The summed E-state index contributed by atoms with van der Waals surface area (Å²) < 4.78 is 0. The fraction of sp³-hybridized carbons (Fsp3) is 0.462. The van der Waals surface area contributed by atoms with E-state index >= 15 is 0 Å². The average molecular weight is 205 g/mol. The van der Waals surface area contributed by atoms with Crippen molar-refractivity contribution in [2.24, 2.45) is 5.16 Å². The Morgan fingerprint density at radius 2 is 1.93 bits per heavy atom. The second-order valence-corrected chi connectivity index (χ2v) is 3.83. The van der Waals surface area contributed by atoms with Gasteiger partial charge in [0, 0.05) is 0 Å². The summed E-state index contributed by atoms with van der Waals surface area (Å²) in [5.74, 6) is 0. The van der Waals surface area contributed by atoms with Crippen LogP contribution >= 0.6 is 0 Å². The van der Waals surface area contributed by atoms with E-state index in [1.165, 1.54) is 5.56 Å². The molecule has 15 heavy (non-hydrogen) atoms. The van der Waals surface area contributed by atoms with Crippen molar-refractivity contribution in [1.82, 2.24) is 0 Å². The summed E-state index contributed by atoms with van der Waals surface area (Å²) in [5, 5.41) is 4.04. The van der Waals surface area contributed by atoms with E-state index in [1.54, 1.807) is 0 Å². The van der Waals surface area contributed by atoms with Crippen LogP contribution in [0.3, 0.4) is 0 Å². The quantitative estimate of drug-likeness (QED) is 0.527. The van der Waals surface area contributed by atoms with Gasteiger partial charge in [0.25, 0.3) is 0 Å². The molecule has 0 aliphatic heterocycles. The van der Waals surface area contributed by atoms with E-state index in [4.69, 9.17) is 4.84 Å². The fourth-order valence-corrected chi connectivity index (χ4v) is 1.38. The van der Waals surface area contributed by atoms with Gasteiger partial charge in [-0.3, -0.25) is 0 Å². The van der Waals surface area contributed by atoms with Gasteiger partial charge in [-0.2, -0.15) is 0 Å². The summed E-state index contributed by atoms with van der Waals surface area (Å²) in [6.07, 6.45) is 2.18. The summed E-state index contributed by atoms with van der Waals surface area (Å²) in [7, 11) is 0. The minimum Gasteiger partial charge on any atom is -0.388 e. The number of hydrogen-bond acceptors (Lipinski definition) is 2. The lowest BCUT2D eigenvalue weighted by molar-refractivity contribution is 0.0514. The Morgan fingerprint density at radius 1 is 1.27 bits per heavy atom. The van der Waals surface area contributed by atoms with Crippen LogP contribution in [0.25, 0.3) is 0 Å². The highest BCUT2D eigenvalue weighted by Gasteiger charge is 2.10. The summed E-state index contributed by atoms with van der Waals surface area (Å²) in [6, 6.07) is 10.2. The van der Waals surface area contributed by atoms with Crippen LogP contribution in [0.5, 0.6) is 0 Å². The van der Waals surface area contributed by atoms with Crippen LogP contribution in [0.2, 0.25) is 0 Å². The molecule has 0 heterocycles. The molecule has 0 saturated heterocycles. The SMILES string of the molecule is CCC[C@@H](ON=C(C)C)c1ccccc1. The van der Waals surface area contributed by atoms with Crippen molar-refractivity contribution in [2.75, 3.05) is 0 Å². The molecule has 2 nitrogen and oxygen atoms in total. The average Bonchev–Trinajstić information content (AvgIpc) is 2.25. The highest BCUT2D eigenvalue weighted by Crippen LogP contribution is 2.22. The molecule has 1 atom stereocenters. The Labute approximate surface area is 91.9 Å². The lowest BCUT2D eigenvalue weighted by Crippen LogP contribution is -2.01. The van der Waals surface area contributed by atoms with Crippen molar-refractivity contribution in [3.8, 4) is 0 Å². The predicted octanol–water partition coefficient (Wildman–Crippen LogP) is 3.94. The van der Waals surface area contributed by atoms with Crippen molar-refractivity contribution in [3.05, 3.63) is 35.9 Å². The summed E-state index contributed by atoms with van der Waals surface area (Å²) >= 11 is 0. The first-order chi connectivity index (χ1) is 7.24. The molecule has 0 fully saturated rings. The smallest absolute Gasteiger partial charge is 0.152 e. The standard InChI is InChI=1S/C13H19NO/c1-4-8-13(15-14-11(2)3)12-9-6-5-7-10-12/h5-7,9-10,13H,4,8H2,1-3H3/t13-/m1/s1. The van der Waals surface area contributed by atoms with Crippen LogP contribution in [0.15, 0.2) is 35.5 Å². The second kappa shape index (κ2) is 6.23. The molecule has 0 N–H and O–H groups in total. The second-order valence-electron chi connectivity index (χ2n) is 3.83. The summed E-state index contributed by atoms with van der Waals surface area (Å²) in [6.45, 7) is 6.03. The van der Waals surface area contributed by atoms with Gasteiger partial charge in [0.15, 0.2) is 6.10 Å². The molecule has 1 aromatic rings. The van der Waals surface area contributed by atoms with Gasteiger partial charge in [-0.15, -0.1) is 0 Å². The Hall–Kier alpha value is -1.31. The fourth-order valence-electron chi connectivity index (χ4n) is 1.38. The molecule has 1 rings (SSSR count). The molecule has 0 aliphatic carbocycles. The van der Waals surface area contributed by atoms with Crippen LogP contribution in [-0.4, -0.2) is 5.71 Å². The first-order valence-corrected chi connectivity index (χ1v) is 5.46. The number of oxime groups is 1. The monoisotopic (exact) mass is 205 g/mol. The van der Waals surface area contributed by atoms with Crippen LogP contribution in [0.1, 0.15) is 45.3 Å². The van der Waals surface area contributed by atoms with Gasteiger partial charge in [-0.25, -0.2) is 0 Å². The predicted molar refractivity (Wildman–Crippen MR) is 64.0 cm³/mol. The van der Waals surface area contributed by atoms with E-state index in [2.05, 4.69) is 24.2 Å². The molecule has 0 aliphatic rings. The Bertz CT molecular complexity index is 302. The van der Waals surface area contributed by atoms with E-state index in [-0.39, 0.29) is 6.10 Å². The molecule has 0 radical (unpaired) electrons. The minimum atomic E-state index is 0.0890. The maximum atomic E-state index is 5.52. The maximum Gasteiger partial charge on any atom is 0.152 e. The minimum absolute atomic E-state index is 0.0890. The molecule has 82 valence electrons. The topological polar surface area (TPSA) is 21.6 Å². The third-order valence-corrected chi connectivity index (χ3v) is 2.08. The Kier molecular flexibility index (Phi) is 4.88. The highest BCUT2D eigenvalue weighted by atomic mass is 16.6. The number of nitrogens with zero attached hydrogens (tertiary/aromatic N) is 1. The van der Waals surface area contributed by atoms with Gasteiger partial charge in [0.1, 0.15) is 0 Å². The van der Waals surface area contributed by atoms with E-state index in [0.717, 1.165) is 18.6 Å². The van der Waals surface area contributed by atoms with Crippen molar-refractivity contribution in [1.29, 1.82) is 0 Å². The first kappa shape index (κ1) is 11.8. The zero-order chi connectivity index (χ0) is 11.1. The van der Waals surface area contributed by atoms with Crippen LogP contribution in [0.4, 0.5) is 0 Å². The van der Waals surface area contributed by atoms with Gasteiger partial charge in [0.05, 0.1) is 5.71 Å². The van der Waals surface area contributed by atoms with Gasteiger partial charge >= 0.3 is 0 Å². The first-order valence-electron chi connectivity index (χ1n) is 5.46. The lowest BCUT2D eigenvalue weighted by atomic mass is 10.1. The molecule has 0 unspecified atom stereocenters. The molecular weight excluding hydrogens is 186 g/mol. The lowest BCUT2D eigenvalue weighted by Gasteiger charge is -2.14. The zero-order valence-corrected chi connectivity index (χ0v) is 9.73. The summed E-state index contributed by atoms with van der Waals surface area (Å²) in [4.78, 5) is 5.52. The third kappa shape index (κ3) is 4.15.